The van der Waals surface area contributed by atoms with Crippen molar-refractivity contribution in [2.45, 2.75) is 5.92 Å². The molecule has 0 radical (unpaired) electrons. The van der Waals surface area contributed by atoms with E-state index in [0.29, 0.717) is 0 Å². The van der Waals surface area contributed by atoms with Crippen molar-refractivity contribution in [2.75, 3.05) is 6.54 Å². The lowest BCUT2D eigenvalue weighted by molar-refractivity contribution is 0.00368. The van der Waals surface area contributed by atoms with E-state index in [-0.39, 0.29) is 4.47 Å². The van der Waals surface area contributed by atoms with Crippen molar-refractivity contribution in [1.82, 2.24) is 0 Å². The normalized spacial score (nSPS) is 11.7. The third-order valence-electron chi connectivity index (χ3n) is 1.64. The van der Waals surface area contributed by atoms with E-state index >= 15 is 0 Å². The molecule has 0 amide bonds. The van der Waals surface area contributed by atoms with Gasteiger partial charge in [0.05, 0.1) is 16.6 Å². The van der Waals surface area contributed by atoms with Crippen LogP contribution in [0.15, 0.2) is 22.7 Å². The molecule has 2 nitrogen and oxygen atoms in total. The Bertz CT molecular complexity index is 317. The van der Waals surface area contributed by atoms with E-state index in [4.69, 9.17) is 5.73 Å². The molecule has 0 atom stereocenters. The molecule has 0 saturated carbocycles. The fourth-order valence-corrected chi connectivity index (χ4v) is 1.29. The Morgan fingerprint density at radius 3 is 2.62 bits per heavy atom. The average Bonchev–Trinajstić information content (AvgIpc) is 2.09. The molecule has 13 heavy (non-hydrogen) atoms. The molecule has 0 aliphatic heterocycles. The minimum Gasteiger partial charge on any atom is -0.506 e. The molecular formula is C8H8BrF2NO. The van der Waals surface area contributed by atoms with E-state index in [1.165, 1.54) is 12.1 Å². The predicted octanol–water partition coefficient (Wildman–Crippen LogP) is 2.21. The zero-order valence-corrected chi connectivity index (χ0v) is 8.18. The Morgan fingerprint density at radius 2 is 2.08 bits per heavy atom. The first-order valence-electron chi connectivity index (χ1n) is 3.55. The summed E-state index contributed by atoms with van der Waals surface area (Å²) in [6.45, 7) is -0.822. The van der Waals surface area contributed by atoms with Gasteiger partial charge in [0, 0.05) is 0 Å². The summed E-state index contributed by atoms with van der Waals surface area (Å²) >= 11 is 2.94. The Kier molecular flexibility index (Phi) is 2.87. The summed E-state index contributed by atoms with van der Waals surface area (Å²) in [6, 6.07) is 4.04. The number of benzene rings is 1. The molecule has 72 valence electrons. The molecule has 1 aromatic carbocycles. The van der Waals surface area contributed by atoms with Gasteiger partial charge in [-0.15, -0.1) is 0 Å². The summed E-state index contributed by atoms with van der Waals surface area (Å²) in [5, 5.41) is 9.28. The van der Waals surface area contributed by atoms with Gasteiger partial charge in [-0.25, -0.2) is 0 Å². The quantitative estimate of drug-likeness (QED) is 0.847. The smallest absolute Gasteiger partial charge is 0.288 e. The van der Waals surface area contributed by atoms with Gasteiger partial charge in [-0.2, -0.15) is 8.78 Å². The SMILES string of the molecule is NCC(F)(F)c1cccc(Br)c1O. The average molecular weight is 252 g/mol. The highest BCUT2D eigenvalue weighted by atomic mass is 79.9. The van der Waals surface area contributed by atoms with Gasteiger partial charge in [0.15, 0.2) is 0 Å². The number of rotatable bonds is 2. The van der Waals surface area contributed by atoms with Gasteiger partial charge in [0.1, 0.15) is 5.75 Å². The summed E-state index contributed by atoms with van der Waals surface area (Å²) in [5.74, 6) is -3.65. The van der Waals surface area contributed by atoms with Crippen LogP contribution in [0.2, 0.25) is 0 Å². The van der Waals surface area contributed by atoms with Crippen molar-refractivity contribution in [2.24, 2.45) is 5.73 Å². The maximum Gasteiger partial charge on any atom is 0.288 e. The standard InChI is InChI=1S/C8H8BrF2NO/c9-6-3-1-2-5(7(6)13)8(10,11)4-12/h1-3,13H,4,12H2. The van der Waals surface area contributed by atoms with E-state index in [2.05, 4.69) is 15.9 Å². The van der Waals surface area contributed by atoms with Gasteiger partial charge in [-0.3, -0.25) is 0 Å². The number of hydrogen-bond acceptors (Lipinski definition) is 2. The minimum absolute atomic E-state index is 0.234. The molecule has 0 aromatic heterocycles. The number of halogens is 3. The van der Waals surface area contributed by atoms with E-state index in [9.17, 15) is 13.9 Å². The lowest BCUT2D eigenvalue weighted by Crippen LogP contribution is -2.25. The van der Waals surface area contributed by atoms with Gasteiger partial charge in [0.2, 0.25) is 0 Å². The molecule has 0 fully saturated rings. The molecule has 0 aliphatic rings. The lowest BCUT2D eigenvalue weighted by Gasteiger charge is -2.15. The van der Waals surface area contributed by atoms with Gasteiger partial charge in [0.25, 0.3) is 5.92 Å². The number of nitrogens with two attached hydrogens (primary N) is 1. The van der Waals surface area contributed by atoms with Crippen molar-refractivity contribution >= 4 is 15.9 Å². The lowest BCUT2D eigenvalue weighted by atomic mass is 10.1. The topological polar surface area (TPSA) is 46.2 Å². The molecule has 0 unspecified atom stereocenters. The monoisotopic (exact) mass is 251 g/mol. The van der Waals surface area contributed by atoms with E-state index in [1.54, 1.807) is 0 Å². The molecule has 0 heterocycles. The van der Waals surface area contributed by atoms with Crippen molar-refractivity contribution in [1.29, 1.82) is 0 Å². The van der Waals surface area contributed by atoms with Crippen LogP contribution in [0, 0.1) is 0 Å². The summed E-state index contributed by atoms with van der Waals surface area (Å²) in [7, 11) is 0. The summed E-state index contributed by atoms with van der Waals surface area (Å²) in [6.07, 6.45) is 0. The van der Waals surface area contributed by atoms with Gasteiger partial charge >= 0.3 is 0 Å². The number of phenols is 1. The van der Waals surface area contributed by atoms with Gasteiger partial charge in [-0.05, 0) is 28.1 Å². The van der Waals surface area contributed by atoms with E-state index < -0.39 is 23.8 Å². The second kappa shape index (κ2) is 3.59. The highest BCUT2D eigenvalue weighted by Gasteiger charge is 2.32. The Labute approximate surface area is 82.5 Å². The van der Waals surface area contributed by atoms with Crippen LogP contribution in [0.25, 0.3) is 0 Å². The maximum absolute atomic E-state index is 13.0. The van der Waals surface area contributed by atoms with Crippen LogP contribution in [-0.4, -0.2) is 11.7 Å². The number of phenolic OH excluding ortho intramolecular Hbond substituents is 1. The number of aromatic hydroxyl groups is 1. The molecule has 5 heteroatoms. The van der Waals surface area contributed by atoms with Crippen LogP contribution in [0.4, 0.5) is 8.78 Å². The molecule has 0 saturated heterocycles. The zero-order chi connectivity index (χ0) is 10.1. The minimum atomic E-state index is -3.19. The first-order valence-corrected chi connectivity index (χ1v) is 4.34. The maximum atomic E-state index is 13.0. The molecule has 3 N–H and O–H groups in total. The third kappa shape index (κ3) is 1.97. The second-order valence-electron chi connectivity index (χ2n) is 2.54. The largest absolute Gasteiger partial charge is 0.506 e. The molecular weight excluding hydrogens is 244 g/mol. The van der Waals surface area contributed by atoms with Gasteiger partial charge < -0.3 is 10.8 Å². The first kappa shape index (κ1) is 10.4. The van der Waals surface area contributed by atoms with E-state index in [0.717, 1.165) is 6.07 Å². The van der Waals surface area contributed by atoms with Crippen LogP contribution < -0.4 is 5.73 Å². The molecule has 0 aliphatic carbocycles. The fourth-order valence-electron chi connectivity index (χ4n) is 0.920. The third-order valence-corrected chi connectivity index (χ3v) is 2.28. The second-order valence-corrected chi connectivity index (χ2v) is 3.40. The highest BCUT2D eigenvalue weighted by molar-refractivity contribution is 9.10. The number of hydrogen-bond donors (Lipinski definition) is 2. The van der Waals surface area contributed by atoms with Crippen molar-refractivity contribution in [3.05, 3.63) is 28.2 Å². The molecule has 0 spiro atoms. The zero-order valence-electron chi connectivity index (χ0n) is 6.60. The summed E-state index contributed by atoms with van der Waals surface area (Å²) < 4.78 is 26.3. The predicted molar refractivity (Wildman–Crippen MR) is 48.8 cm³/mol. The van der Waals surface area contributed by atoms with E-state index in [1.807, 2.05) is 0 Å². The van der Waals surface area contributed by atoms with Gasteiger partial charge in [-0.1, -0.05) is 6.07 Å². The highest BCUT2D eigenvalue weighted by Crippen LogP contribution is 2.37. The Morgan fingerprint density at radius 1 is 1.46 bits per heavy atom. The summed E-state index contributed by atoms with van der Waals surface area (Å²) in [4.78, 5) is 0. The van der Waals surface area contributed by atoms with Crippen molar-refractivity contribution in [3.63, 3.8) is 0 Å². The molecule has 1 aromatic rings. The Hall–Kier alpha value is -0.680. The van der Waals surface area contributed by atoms with Crippen LogP contribution in [0.5, 0.6) is 5.75 Å². The molecule has 0 bridgehead atoms. The molecule has 1 rings (SSSR count). The Balaban J connectivity index is 3.22. The fraction of sp³-hybridized carbons (Fsp3) is 0.250. The van der Waals surface area contributed by atoms with Crippen LogP contribution in [0.1, 0.15) is 5.56 Å². The number of alkyl halides is 2. The van der Waals surface area contributed by atoms with Crippen molar-refractivity contribution in [3.8, 4) is 5.75 Å². The van der Waals surface area contributed by atoms with Crippen molar-refractivity contribution < 1.29 is 13.9 Å². The van der Waals surface area contributed by atoms with Crippen LogP contribution in [0.3, 0.4) is 0 Å². The summed E-state index contributed by atoms with van der Waals surface area (Å²) in [5.41, 5.74) is 4.43. The number of para-hydroxylation sites is 1. The van der Waals surface area contributed by atoms with Crippen LogP contribution >= 0.6 is 15.9 Å². The first-order chi connectivity index (χ1) is 5.99. The van der Waals surface area contributed by atoms with Crippen LogP contribution in [-0.2, 0) is 5.92 Å².